The predicted octanol–water partition coefficient (Wildman–Crippen LogP) is 4.47. The number of aromatic nitrogens is 7. The first-order valence-corrected chi connectivity index (χ1v) is 19.0. The van der Waals surface area contributed by atoms with Gasteiger partial charge >= 0.3 is 5.69 Å². The van der Waals surface area contributed by atoms with Crippen LogP contribution in [-0.2, 0) is 16.6 Å². The molecule has 17 heteroatoms. The summed E-state index contributed by atoms with van der Waals surface area (Å²) in [6, 6.07) is 8.70. The molecule has 0 bridgehead atoms. The van der Waals surface area contributed by atoms with E-state index in [-0.39, 0.29) is 35.4 Å². The van der Waals surface area contributed by atoms with E-state index in [4.69, 9.17) is 0 Å². The molecule has 1 aliphatic carbocycles. The Morgan fingerprint density at radius 3 is 2.55 bits per heavy atom. The monoisotopic (exact) mass is 757 g/mol. The van der Waals surface area contributed by atoms with Crippen molar-refractivity contribution in [2.75, 3.05) is 36.9 Å². The average molecular weight is 758 g/mol. The second-order valence-electron chi connectivity index (χ2n) is 15.1. The molecule has 1 unspecified atom stereocenters. The quantitative estimate of drug-likeness (QED) is 0.196. The number of carbonyl (C=O) groups excluding carboxylic acids is 3. The number of nitrogens with zero attached hydrogens (tertiary/aromatic N) is 9. The highest BCUT2D eigenvalue weighted by Gasteiger charge is 2.33. The molecule has 3 aliphatic rings. The van der Waals surface area contributed by atoms with Crippen LogP contribution in [0.15, 0.2) is 53.7 Å². The van der Waals surface area contributed by atoms with Gasteiger partial charge in [0.15, 0.2) is 17.0 Å². The van der Waals surface area contributed by atoms with E-state index < -0.39 is 30.0 Å². The van der Waals surface area contributed by atoms with Crippen molar-refractivity contribution in [1.29, 1.82) is 0 Å². The summed E-state index contributed by atoms with van der Waals surface area (Å²) in [5.41, 5.74) is 2.29. The highest BCUT2D eigenvalue weighted by molar-refractivity contribution is 6.04. The zero-order chi connectivity index (χ0) is 38.4. The van der Waals surface area contributed by atoms with Crippen molar-refractivity contribution in [2.24, 2.45) is 13.0 Å². The van der Waals surface area contributed by atoms with Crippen molar-refractivity contribution in [3.05, 3.63) is 70.8 Å². The summed E-state index contributed by atoms with van der Waals surface area (Å²) in [5.74, 6) is -0.826. The van der Waals surface area contributed by atoms with Gasteiger partial charge in [0, 0.05) is 57.3 Å². The van der Waals surface area contributed by atoms with Gasteiger partial charge in [-0.15, -0.1) is 0 Å². The van der Waals surface area contributed by atoms with E-state index in [1.807, 2.05) is 18.2 Å². The van der Waals surface area contributed by atoms with Gasteiger partial charge in [0.2, 0.25) is 11.8 Å². The van der Waals surface area contributed by atoms with Gasteiger partial charge in [-0.1, -0.05) is 6.07 Å². The minimum absolute atomic E-state index is 0.00818. The molecular weight excluding hydrogens is 712 g/mol. The summed E-state index contributed by atoms with van der Waals surface area (Å²) < 4.78 is 34.2. The Morgan fingerprint density at radius 1 is 1.04 bits per heavy atom. The van der Waals surface area contributed by atoms with Crippen molar-refractivity contribution in [1.82, 2.24) is 43.7 Å². The Morgan fingerprint density at radius 2 is 1.82 bits per heavy atom. The molecule has 2 N–H and O–H groups in total. The molecule has 1 aromatic carbocycles. The Bertz CT molecular complexity index is 2260. The number of anilines is 2. The van der Waals surface area contributed by atoms with Crippen LogP contribution in [0, 0.1) is 5.92 Å². The lowest BCUT2D eigenvalue weighted by atomic mass is 9.84. The second-order valence-corrected chi connectivity index (χ2v) is 15.1. The van der Waals surface area contributed by atoms with Crippen LogP contribution >= 0.6 is 0 Å². The van der Waals surface area contributed by atoms with Gasteiger partial charge in [-0.2, -0.15) is 10.2 Å². The molecule has 2 aliphatic heterocycles. The number of imidazole rings is 1. The zero-order valence-electron chi connectivity index (χ0n) is 30.9. The highest BCUT2D eigenvalue weighted by atomic mass is 19.3. The van der Waals surface area contributed by atoms with Crippen molar-refractivity contribution < 1.29 is 23.2 Å². The number of fused-ring (bicyclic) bond motifs is 2. The number of imide groups is 1. The van der Waals surface area contributed by atoms with Crippen LogP contribution in [0.3, 0.4) is 0 Å². The van der Waals surface area contributed by atoms with E-state index in [9.17, 15) is 28.0 Å². The number of alkyl halides is 2. The molecule has 15 nitrogen and oxygen atoms in total. The lowest BCUT2D eigenvalue weighted by Gasteiger charge is -2.39. The van der Waals surface area contributed by atoms with Crippen molar-refractivity contribution in [3.63, 3.8) is 0 Å². The van der Waals surface area contributed by atoms with Crippen LogP contribution in [0.4, 0.5) is 20.2 Å². The summed E-state index contributed by atoms with van der Waals surface area (Å²) in [7, 11) is 3.92. The summed E-state index contributed by atoms with van der Waals surface area (Å²) in [6.45, 7) is 2.63. The molecule has 1 saturated carbocycles. The van der Waals surface area contributed by atoms with Gasteiger partial charge in [-0.05, 0) is 89.1 Å². The number of rotatable bonds is 10. The molecule has 0 radical (unpaired) electrons. The molecule has 55 heavy (non-hydrogen) atoms. The van der Waals surface area contributed by atoms with Gasteiger partial charge in [-0.3, -0.25) is 33.5 Å². The smallest absolute Gasteiger partial charge is 0.329 e. The van der Waals surface area contributed by atoms with E-state index in [2.05, 4.69) is 42.7 Å². The van der Waals surface area contributed by atoms with E-state index in [0.29, 0.717) is 29.5 Å². The second kappa shape index (κ2) is 15.0. The lowest BCUT2D eigenvalue weighted by Crippen LogP contribution is -2.44. The number of hydrogen-bond donors (Lipinski definition) is 2. The molecule has 6 heterocycles. The number of aryl methyl sites for hydroxylation is 1. The lowest BCUT2D eigenvalue weighted by molar-refractivity contribution is -0.135. The van der Waals surface area contributed by atoms with Crippen molar-refractivity contribution in [2.45, 2.75) is 82.3 Å². The molecule has 3 fully saturated rings. The Hall–Kier alpha value is -5.45. The van der Waals surface area contributed by atoms with Crippen LogP contribution in [-0.4, -0.2) is 88.9 Å². The number of carbonyl (C=O) groups is 3. The number of benzene rings is 1. The van der Waals surface area contributed by atoms with Crippen LogP contribution in [0.5, 0.6) is 0 Å². The molecule has 8 rings (SSSR count). The normalized spacial score (nSPS) is 21.3. The fourth-order valence-electron chi connectivity index (χ4n) is 8.69. The first kappa shape index (κ1) is 36.5. The molecule has 290 valence electrons. The number of hydrogen-bond acceptors (Lipinski definition) is 9. The van der Waals surface area contributed by atoms with Crippen LogP contribution in [0.2, 0.25) is 0 Å². The average Bonchev–Trinajstić information content (AvgIpc) is 3.89. The van der Waals surface area contributed by atoms with Crippen molar-refractivity contribution >= 4 is 45.8 Å². The van der Waals surface area contributed by atoms with E-state index >= 15 is 0 Å². The van der Waals surface area contributed by atoms with Gasteiger partial charge in [0.25, 0.3) is 12.3 Å². The minimum atomic E-state index is -2.84. The summed E-state index contributed by atoms with van der Waals surface area (Å²) in [6.07, 6.45) is 8.99. The van der Waals surface area contributed by atoms with Crippen LogP contribution < -0.4 is 21.2 Å². The number of nitrogens with one attached hydrogen (secondary N) is 2. The van der Waals surface area contributed by atoms with Gasteiger partial charge in [0.1, 0.15) is 6.04 Å². The molecule has 4 aromatic heterocycles. The van der Waals surface area contributed by atoms with E-state index in [0.717, 1.165) is 75.8 Å². The maximum absolute atomic E-state index is 14.0. The maximum Gasteiger partial charge on any atom is 0.329 e. The number of amides is 3. The summed E-state index contributed by atoms with van der Waals surface area (Å²) in [4.78, 5) is 59.7. The predicted molar refractivity (Wildman–Crippen MR) is 200 cm³/mol. The number of para-hydroxylation sites is 1. The number of piperidine rings is 2. The first-order chi connectivity index (χ1) is 26.5. The first-order valence-electron chi connectivity index (χ1n) is 19.0. The Balaban J connectivity index is 0.837. The minimum Gasteiger partial charge on any atom is -0.370 e. The topological polar surface area (TPSA) is 157 Å². The molecule has 1 atom stereocenters. The summed E-state index contributed by atoms with van der Waals surface area (Å²) in [5, 5.41) is 13.4. The third kappa shape index (κ3) is 7.12. The summed E-state index contributed by atoms with van der Waals surface area (Å²) >= 11 is 0. The molecule has 0 spiro atoms. The van der Waals surface area contributed by atoms with Crippen LogP contribution in [0.1, 0.15) is 92.5 Å². The molecule has 3 amide bonds. The van der Waals surface area contributed by atoms with E-state index in [1.165, 1.54) is 21.3 Å². The van der Waals surface area contributed by atoms with Gasteiger partial charge < -0.3 is 15.1 Å². The largest absolute Gasteiger partial charge is 0.370 e. The number of halogens is 2. The fourth-order valence-corrected chi connectivity index (χ4v) is 8.69. The third-order valence-electron chi connectivity index (χ3n) is 11.8. The zero-order valence-corrected chi connectivity index (χ0v) is 30.9. The van der Waals surface area contributed by atoms with Gasteiger partial charge in [-0.25, -0.2) is 23.1 Å². The SMILES string of the molecule is CN(CCC1CCC(n2cc(NC(=O)c3cc4ncccn4n3)c(C(F)F)n2)CC1)C1CCN(c2cccc3c2n(C)c(=O)n3C2CCC(=O)NC2=O)CC1. The fraction of sp³-hybridized carbons (Fsp3) is 0.500. The maximum atomic E-state index is 14.0. The standard InChI is InChI=1S/C38H45F2N11O4/c1-46(24-14-19-48(20-15-24)28-5-3-6-29-34(28)47(2)38(55)51(29)30-11-12-32(52)43-37(30)54)18-13-23-7-9-25(10-8-23)50-22-27(33(45-50)35(39)40)42-36(53)26-21-31-41-16-4-17-49(31)44-26/h3-6,16-17,21-25,30,35H,7-15,18-20H2,1-2H3,(H,42,53)(H,43,52,54). The highest BCUT2D eigenvalue weighted by Crippen LogP contribution is 2.37. The molecule has 2 saturated heterocycles. The van der Waals surface area contributed by atoms with Gasteiger partial charge in [0.05, 0.1) is 28.5 Å². The molecular formula is C38H45F2N11O4. The Labute approximate surface area is 315 Å². The Kier molecular flexibility index (Phi) is 9.96. The van der Waals surface area contributed by atoms with Crippen LogP contribution in [0.25, 0.3) is 16.7 Å². The van der Waals surface area contributed by atoms with Crippen molar-refractivity contribution in [3.8, 4) is 0 Å². The van der Waals surface area contributed by atoms with E-state index in [1.54, 1.807) is 34.8 Å². The third-order valence-corrected chi connectivity index (χ3v) is 11.8. The molecule has 5 aromatic rings.